The highest BCUT2D eigenvalue weighted by Gasteiger charge is 2.27. The molecule has 94 valence electrons. The lowest BCUT2D eigenvalue weighted by Gasteiger charge is -2.33. The summed E-state index contributed by atoms with van der Waals surface area (Å²) >= 11 is 3.38. The minimum absolute atomic E-state index is 0.309. The summed E-state index contributed by atoms with van der Waals surface area (Å²) in [6.07, 6.45) is 2.20. The number of anilines is 1. The number of halogens is 1. The Bertz CT molecular complexity index is 371. The molecule has 1 saturated heterocycles. The van der Waals surface area contributed by atoms with Gasteiger partial charge in [-0.1, -0.05) is 6.92 Å². The van der Waals surface area contributed by atoms with Crippen LogP contribution in [0, 0.1) is 12.3 Å². The van der Waals surface area contributed by atoms with Crippen LogP contribution >= 0.6 is 15.9 Å². The van der Waals surface area contributed by atoms with Crippen molar-refractivity contribution in [1.29, 1.82) is 0 Å². The molecule has 1 N–H and O–H groups in total. The van der Waals surface area contributed by atoms with Crippen molar-refractivity contribution in [3.63, 3.8) is 0 Å². The van der Waals surface area contributed by atoms with Gasteiger partial charge in [-0.05, 0) is 41.1 Å². The van der Waals surface area contributed by atoms with Gasteiger partial charge in [0.15, 0.2) is 0 Å². The Morgan fingerprint density at radius 3 is 2.76 bits per heavy atom. The van der Waals surface area contributed by atoms with Gasteiger partial charge in [0.1, 0.15) is 16.2 Å². The molecule has 0 atom stereocenters. The molecule has 4 nitrogen and oxygen atoms in total. The van der Waals surface area contributed by atoms with Crippen LogP contribution in [0.1, 0.15) is 25.6 Å². The first-order valence-corrected chi connectivity index (χ1v) is 6.70. The topological polar surface area (TPSA) is 47.0 Å². The van der Waals surface area contributed by atoms with E-state index in [2.05, 4.69) is 38.1 Å². The minimum Gasteiger partial charge on any atom is -0.381 e. The zero-order chi connectivity index (χ0) is 12.3. The summed E-state index contributed by atoms with van der Waals surface area (Å²) in [4.78, 5) is 8.56. The smallest absolute Gasteiger partial charge is 0.130 e. The SMILES string of the molecule is Cc1nc(Br)cc(NCC2(C)CCOCC2)n1. The number of nitrogens with one attached hydrogen (secondary N) is 1. The fraction of sp³-hybridized carbons (Fsp3) is 0.667. The Labute approximate surface area is 110 Å². The van der Waals surface area contributed by atoms with Gasteiger partial charge in [0.25, 0.3) is 0 Å². The number of ether oxygens (including phenoxy) is 1. The predicted molar refractivity (Wildman–Crippen MR) is 71.1 cm³/mol. The Balaban J connectivity index is 1.96. The lowest BCUT2D eigenvalue weighted by atomic mass is 9.82. The fourth-order valence-electron chi connectivity index (χ4n) is 1.97. The van der Waals surface area contributed by atoms with Crippen molar-refractivity contribution in [2.24, 2.45) is 5.41 Å². The number of rotatable bonds is 3. The molecule has 5 heteroatoms. The number of hydrogen-bond acceptors (Lipinski definition) is 4. The second kappa shape index (κ2) is 5.31. The van der Waals surface area contributed by atoms with Crippen molar-refractivity contribution in [1.82, 2.24) is 9.97 Å². The molecule has 0 radical (unpaired) electrons. The standard InChI is InChI=1S/C12H18BrN3O/c1-9-15-10(13)7-11(16-9)14-8-12(2)3-5-17-6-4-12/h7H,3-6,8H2,1-2H3,(H,14,15,16). The quantitative estimate of drug-likeness (QED) is 0.872. The summed E-state index contributed by atoms with van der Waals surface area (Å²) in [6.45, 7) is 6.85. The highest BCUT2D eigenvalue weighted by molar-refractivity contribution is 9.10. The van der Waals surface area contributed by atoms with Crippen LogP contribution in [0.4, 0.5) is 5.82 Å². The Kier molecular flexibility index (Phi) is 3.99. The molecule has 0 aromatic carbocycles. The second-order valence-electron chi connectivity index (χ2n) is 4.90. The molecule has 2 rings (SSSR count). The number of nitrogens with zero attached hydrogens (tertiary/aromatic N) is 2. The lowest BCUT2D eigenvalue weighted by Crippen LogP contribution is -2.33. The van der Waals surface area contributed by atoms with E-state index >= 15 is 0 Å². The number of aryl methyl sites for hydroxylation is 1. The first-order valence-electron chi connectivity index (χ1n) is 5.90. The van der Waals surface area contributed by atoms with Gasteiger partial charge >= 0.3 is 0 Å². The van der Waals surface area contributed by atoms with E-state index in [1.165, 1.54) is 0 Å². The second-order valence-corrected chi connectivity index (χ2v) is 5.71. The van der Waals surface area contributed by atoms with Gasteiger partial charge in [-0.2, -0.15) is 0 Å². The van der Waals surface area contributed by atoms with Crippen LogP contribution in [0.3, 0.4) is 0 Å². The third-order valence-corrected chi connectivity index (χ3v) is 3.61. The highest BCUT2D eigenvalue weighted by Crippen LogP contribution is 2.29. The van der Waals surface area contributed by atoms with Crippen LogP contribution in [0.5, 0.6) is 0 Å². The van der Waals surface area contributed by atoms with Crippen LogP contribution in [-0.4, -0.2) is 29.7 Å². The predicted octanol–water partition coefficient (Wildman–Crippen LogP) is 2.78. The van der Waals surface area contributed by atoms with E-state index in [-0.39, 0.29) is 0 Å². The van der Waals surface area contributed by atoms with Crippen molar-refractivity contribution >= 4 is 21.7 Å². The zero-order valence-electron chi connectivity index (χ0n) is 10.3. The highest BCUT2D eigenvalue weighted by atomic mass is 79.9. The van der Waals surface area contributed by atoms with Gasteiger partial charge in [0, 0.05) is 25.8 Å². The summed E-state index contributed by atoms with van der Waals surface area (Å²) in [5.74, 6) is 1.66. The molecular weight excluding hydrogens is 282 g/mol. The van der Waals surface area contributed by atoms with Gasteiger partial charge in [-0.25, -0.2) is 9.97 Å². The fourth-order valence-corrected chi connectivity index (χ4v) is 2.44. The molecule has 0 bridgehead atoms. The third kappa shape index (κ3) is 3.64. The van der Waals surface area contributed by atoms with E-state index in [0.29, 0.717) is 5.41 Å². The van der Waals surface area contributed by atoms with E-state index in [0.717, 1.165) is 48.8 Å². The monoisotopic (exact) mass is 299 g/mol. The normalized spacial score (nSPS) is 19.0. The largest absolute Gasteiger partial charge is 0.381 e. The van der Waals surface area contributed by atoms with E-state index in [1.54, 1.807) is 0 Å². The Morgan fingerprint density at radius 2 is 2.12 bits per heavy atom. The van der Waals surface area contributed by atoms with E-state index in [4.69, 9.17) is 4.74 Å². The average molecular weight is 300 g/mol. The maximum atomic E-state index is 5.39. The molecule has 1 aliphatic heterocycles. The van der Waals surface area contributed by atoms with Crippen LogP contribution in [-0.2, 0) is 4.74 Å². The number of hydrogen-bond donors (Lipinski definition) is 1. The van der Waals surface area contributed by atoms with Gasteiger partial charge in [-0.15, -0.1) is 0 Å². The molecule has 1 aromatic heterocycles. The third-order valence-electron chi connectivity index (χ3n) is 3.20. The molecule has 1 fully saturated rings. The molecule has 0 spiro atoms. The first-order chi connectivity index (χ1) is 8.07. The van der Waals surface area contributed by atoms with Crippen molar-refractivity contribution < 1.29 is 4.74 Å². The summed E-state index contributed by atoms with van der Waals surface area (Å²) in [5.41, 5.74) is 0.309. The molecule has 0 unspecified atom stereocenters. The van der Waals surface area contributed by atoms with Crippen LogP contribution in [0.25, 0.3) is 0 Å². The van der Waals surface area contributed by atoms with Gasteiger partial charge < -0.3 is 10.1 Å². The molecule has 17 heavy (non-hydrogen) atoms. The molecular formula is C12H18BrN3O. The van der Waals surface area contributed by atoms with Gasteiger partial charge in [-0.3, -0.25) is 0 Å². The molecule has 0 amide bonds. The van der Waals surface area contributed by atoms with Crippen molar-refractivity contribution in [3.8, 4) is 0 Å². The molecule has 1 aromatic rings. The minimum atomic E-state index is 0.309. The van der Waals surface area contributed by atoms with Gasteiger partial charge in [0.05, 0.1) is 0 Å². The molecule has 0 aliphatic carbocycles. The van der Waals surface area contributed by atoms with Crippen LogP contribution in [0.2, 0.25) is 0 Å². The lowest BCUT2D eigenvalue weighted by molar-refractivity contribution is 0.0299. The molecule has 0 saturated carbocycles. The first kappa shape index (κ1) is 12.8. The summed E-state index contributed by atoms with van der Waals surface area (Å²) < 4.78 is 6.22. The van der Waals surface area contributed by atoms with E-state index < -0.39 is 0 Å². The van der Waals surface area contributed by atoms with Crippen LogP contribution in [0.15, 0.2) is 10.7 Å². The number of aromatic nitrogens is 2. The van der Waals surface area contributed by atoms with Crippen molar-refractivity contribution in [3.05, 3.63) is 16.5 Å². The van der Waals surface area contributed by atoms with Crippen molar-refractivity contribution in [2.45, 2.75) is 26.7 Å². The summed E-state index contributed by atoms with van der Waals surface area (Å²) in [5, 5.41) is 3.40. The summed E-state index contributed by atoms with van der Waals surface area (Å²) in [6, 6.07) is 1.91. The zero-order valence-corrected chi connectivity index (χ0v) is 11.9. The molecule has 2 heterocycles. The van der Waals surface area contributed by atoms with Gasteiger partial charge in [0.2, 0.25) is 0 Å². The Hall–Kier alpha value is -0.680. The average Bonchev–Trinajstić information content (AvgIpc) is 2.26. The van der Waals surface area contributed by atoms with E-state index in [1.807, 2.05) is 13.0 Å². The van der Waals surface area contributed by atoms with Crippen LogP contribution < -0.4 is 5.32 Å². The maximum absolute atomic E-state index is 5.39. The van der Waals surface area contributed by atoms with Crippen molar-refractivity contribution in [2.75, 3.05) is 25.1 Å². The maximum Gasteiger partial charge on any atom is 0.130 e. The Morgan fingerprint density at radius 1 is 1.41 bits per heavy atom. The van der Waals surface area contributed by atoms with E-state index in [9.17, 15) is 0 Å². The summed E-state index contributed by atoms with van der Waals surface area (Å²) in [7, 11) is 0. The molecule has 1 aliphatic rings.